The maximum Gasteiger partial charge on any atom is 0.0680 e. The summed E-state index contributed by atoms with van der Waals surface area (Å²) in [5.74, 6) is 0.118. The van der Waals surface area contributed by atoms with E-state index >= 15 is 0 Å². The molecule has 1 aromatic carbocycles. The van der Waals surface area contributed by atoms with Gasteiger partial charge in [0, 0.05) is 22.8 Å². The highest BCUT2D eigenvalue weighted by Gasteiger charge is 2.21. The molecule has 3 heteroatoms. The van der Waals surface area contributed by atoms with Crippen molar-refractivity contribution in [3.05, 3.63) is 64.4 Å². The highest BCUT2D eigenvalue weighted by Crippen LogP contribution is 2.39. The average Bonchev–Trinajstić information content (AvgIpc) is 2.41. The molecule has 2 unspecified atom stereocenters. The second kappa shape index (κ2) is 5.73. The van der Waals surface area contributed by atoms with E-state index in [1.54, 1.807) is 6.20 Å². The number of alkyl halides is 1. The summed E-state index contributed by atoms with van der Waals surface area (Å²) < 4.78 is 0. The van der Waals surface area contributed by atoms with Crippen LogP contribution in [0.5, 0.6) is 0 Å². The summed E-state index contributed by atoms with van der Waals surface area (Å²) in [6.45, 7) is 4.06. The van der Waals surface area contributed by atoms with Gasteiger partial charge in [-0.05, 0) is 30.2 Å². The van der Waals surface area contributed by atoms with E-state index in [2.05, 4.69) is 11.9 Å². The Balaban J connectivity index is 2.31. The number of aryl methyl sites for hydroxylation is 1. The molecule has 0 bridgehead atoms. The minimum Gasteiger partial charge on any atom is -0.261 e. The first-order chi connectivity index (χ1) is 8.61. The molecule has 1 nitrogen and oxygen atoms in total. The van der Waals surface area contributed by atoms with Gasteiger partial charge in [0.25, 0.3) is 0 Å². The van der Waals surface area contributed by atoms with Gasteiger partial charge in [-0.2, -0.15) is 0 Å². The van der Waals surface area contributed by atoms with E-state index in [4.69, 9.17) is 23.2 Å². The number of hydrogen-bond acceptors (Lipinski definition) is 1. The van der Waals surface area contributed by atoms with Crippen molar-refractivity contribution < 1.29 is 0 Å². The van der Waals surface area contributed by atoms with Crippen molar-refractivity contribution in [1.29, 1.82) is 0 Å². The molecule has 0 fully saturated rings. The first kappa shape index (κ1) is 13.4. The lowest BCUT2D eigenvalue weighted by Crippen LogP contribution is -2.05. The van der Waals surface area contributed by atoms with Crippen molar-refractivity contribution in [3.8, 4) is 0 Å². The molecule has 0 aliphatic rings. The molecular formula is C15H15Cl2N. The Morgan fingerprint density at radius 2 is 1.89 bits per heavy atom. The van der Waals surface area contributed by atoms with Crippen LogP contribution in [0.1, 0.15) is 35.0 Å². The SMILES string of the molecule is Cc1cccc(C(Cl)C(C)c2ccccn2)c1Cl. The number of rotatable bonds is 3. The van der Waals surface area contributed by atoms with Crippen LogP contribution in [0.25, 0.3) is 0 Å². The van der Waals surface area contributed by atoms with Crippen LogP contribution >= 0.6 is 23.2 Å². The van der Waals surface area contributed by atoms with Crippen molar-refractivity contribution in [2.45, 2.75) is 25.1 Å². The second-order valence-electron chi connectivity index (χ2n) is 4.42. The fraction of sp³-hybridized carbons (Fsp3) is 0.267. The predicted molar refractivity (Wildman–Crippen MR) is 77.4 cm³/mol. The van der Waals surface area contributed by atoms with Crippen LogP contribution in [0.15, 0.2) is 42.6 Å². The standard InChI is InChI=1S/C15H15Cl2N/c1-10-6-5-7-12(14(10)16)15(17)11(2)13-8-3-4-9-18-13/h3-9,11,15H,1-2H3. The number of benzene rings is 1. The van der Waals surface area contributed by atoms with E-state index in [1.165, 1.54) is 0 Å². The first-order valence-electron chi connectivity index (χ1n) is 5.91. The zero-order valence-corrected chi connectivity index (χ0v) is 11.9. The molecule has 2 aromatic rings. The third-order valence-electron chi connectivity index (χ3n) is 3.11. The second-order valence-corrected chi connectivity index (χ2v) is 5.27. The van der Waals surface area contributed by atoms with Crippen LogP contribution in [0.3, 0.4) is 0 Å². The highest BCUT2D eigenvalue weighted by atomic mass is 35.5. The van der Waals surface area contributed by atoms with Crippen molar-refractivity contribution >= 4 is 23.2 Å². The Morgan fingerprint density at radius 3 is 2.56 bits per heavy atom. The molecule has 2 rings (SSSR count). The third-order valence-corrected chi connectivity index (χ3v) is 4.24. The Bertz CT molecular complexity index is 525. The molecule has 18 heavy (non-hydrogen) atoms. The van der Waals surface area contributed by atoms with Gasteiger partial charge in [0.05, 0.1) is 5.38 Å². The van der Waals surface area contributed by atoms with Gasteiger partial charge in [0.15, 0.2) is 0 Å². The number of pyridine rings is 1. The van der Waals surface area contributed by atoms with E-state index in [0.717, 1.165) is 21.8 Å². The van der Waals surface area contributed by atoms with Crippen molar-refractivity contribution in [1.82, 2.24) is 4.98 Å². The van der Waals surface area contributed by atoms with E-state index in [0.29, 0.717) is 0 Å². The smallest absolute Gasteiger partial charge is 0.0680 e. The maximum absolute atomic E-state index is 6.54. The summed E-state index contributed by atoms with van der Waals surface area (Å²) in [6.07, 6.45) is 1.79. The van der Waals surface area contributed by atoms with Crippen LogP contribution in [0, 0.1) is 6.92 Å². The van der Waals surface area contributed by atoms with Gasteiger partial charge < -0.3 is 0 Å². The van der Waals surface area contributed by atoms with E-state index in [1.807, 2.05) is 43.3 Å². The van der Waals surface area contributed by atoms with Gasteiger partial charge in [-0.3, -0.25) is 4.98 Å². The molecule has 0 spiro atoms. The minimum atomic E-state index is -0.174. The fourth-order valence-corrected chi connectivity index (χ4v) is 2.56. The lowest BCUT2D eigenvalue weighted by Gasteiger charge is -2.19. The van der Waals surface area contributed by atoms with Gasteiger partial charge in [-0.15, -0.1) is 11.6 Å². The zero-order valence-electron chi connectivity index (χ0n) is 10.4. The Hall–Kier alpha value is -1.05. The lowest BCUT2D eigenvalue weighted by molar-refractivity contribution is 0.706. The topological polar surface area (TPSA) is 12.9 Å². The molecule has 0 aliphatic heterocycles. The number of aromatic nitrogens is 1. The molecule has 0 aliphatic carbocycles. The summed E-state index contributed by atoms with van der Waals surface area (Å²) in [5, 5.41) is 0.576. The van der Waals surface area contributed by atoms with Crippen molar-refractivity contribution in [2.24, 2.45) is 0 Å². The van der Waals surface area contributed by atoms with E-state index < -0.39 is 0 Å². The molecule has 0 saturated carbocycles. The minimum absolute atomic E-state index is 0.118. The van der Waals surface area contributed by atoms with Crippen LogP contribution in [0.2, 0.25) is 5.02 Å². The molecule has 0 amide bonds. The average molecular weight is 280 g/mol. The lowest BCUT2D eigenvalue weighted by atomic mass is 9.96. The maximum atomic E-state index is 6.54. The summed E-state index contributed by atoms with van der Waals surface area (Å²) >= 11 is 12.9. The quantitative estimate of drug-likeness (QED) is 0.710. The molecule has 1 aromatic heterocycles. The van der Waals surface area contributed by atoms with Gasteiger partial charge in [-0.1, -0.05) is 42.8 Å². The van der Waals surface area contributed by atoms with Crippen molar-refractivity contribution in [2.75, 3.05) is 0 Å². The number of nitrogens with zero attached hydrogens (tertiary/aromatic N) is 1. The summed E-state index contributed by atoms with van der Waals surface area (Å²) in [4.78, 5) is 4.35. The molecular weight excluding hydrogens is 265 g/mol. The number of halogens is 2. The summed E-state index contributed by atoms with van der Waals surface area (Å²) in [7, 11) is 0. The Labute approximate surface area is 118 Å². The first-order valence-corrected chi connectivity index (χ1v) is 6.72. The molecule has 0 saturated heterocycles. The zero-order chi connectivity index (χ0) is 13.1. The van der Waals surface area contributed by atoms with E-state index in [9.17, 15) is 0 Å². The van der Waals surface area contributed by atoms with Crippen LogP contribution in [0.4, 0.5) is 0 Å². The summed E-state index contributed by atoms with van der Waals surface area (Å²) in [6, 6.07) is 11.8. The van der Waals surface area contributed by atoms with Crippen molar-refractivity contribution in [3.63, 3.8) is 0 Å². The predicted octanol–water partition coefficient (Wildman–Crippen LogP) is 5.13. The normalized spacial score (nSPS) is 14.2. The van der Waals surface area contributed by atoms with Crippen LogP contribution < -0.4 is 0 Å². The third kappa shape index (κ3) is 2.68. The van der Waals surface area contributed by atoms with Gasteiger partial charge in [-0.25, -0.2) is 0 Å². The highest BCUT2D eigenvalue weighted by molar-refractivity contribution is 6.33. The monoisotopic (exact) mass is 279 g/mol. The van der Waals surface area contributed by atoms with Gasteiger partial charge in [0.1, 0.15) is 0 Å². The Kier molecular flexibility index (Phi) is 4.26. The number of hydrogen-bond donors (Lipinski definition) is 0. The van der Waals surface area contributed by atoms with Crippen LogP contribution in [-0.4, -0.2) is 4.98 Å². The molecule has 0 radical (unpaired) electrons. The van der Waals surface area contributed by atoms with Crippen LogP contribution in [-0.2, 0) is 0 Å². The van der Waals surface area contributed by atoms with E-state index in [-0.39, 0.29) is 11.3 Å². The molecule has 0 N–H and O–H groups in total. The molecule has 1 heterocycles. The Morgan fingerprint density at radius 1 is 1.11 bits per heavy atom. The van der Waals surface area contributed by atoms with Gasteiger partial charge >= 0.3 is 0 Å². The fourth-order valence-electron chi connectivity index (χ4n) is 1.95. The molecule has 2 atom stereocenters. The molecule has 94 valence electrons. The largest absolute Gasteiger partial charge is 0.261 e. The van der Waals surface area contributed by atoms with Gasteiger partial charge in [0.2, 0.25) is 0 Å². The summed E-state index contributed by atoms with van der Waals surface area (Å²) in [5.41, 5.74) is 3.00.